The molecule has 0 aliphatic rings. The Morgan fingerprint density at radius 3 is 2.29 bits per heavy atom. The molecular weight excluding hydrogens is 176 g/mol. The summed E-state index contributed by atoms with van der Waals surface area (Å²) in [5.74, 6) is 0.538. The van der Waals surface area contributed by atoms with Gasteiger partial charge in [0.1, 0.15) is 0 Å². The third kappa shape index (κ3) is 1.50. The van der Waals surface area contributed by atoms with Gasteiger partial charge in [-0.15, -0.1) is 0 Å². The van der Waals surface area contributed by atoms with Crippen molar-refractivity contribution in [2.24, 2.45) is 0 Å². The van der Waals surface area contributed by atoms with Crippen molar-refractivity contribution in [2.75, 3.05) is 11.5 Å². The van der Waals surface area contributed by atoms with E-state index in [-0.39, 0.29) is 11.6 Å². The van der Waals surface area contributed by atoms with E-state index in [1.54, 1.807) is 6.20 Å². The first-order valence-corrected chi connectivity index (χ1v) is 4.21. The minimum atomic E-state index is 0.268. The lowest BCUT2D eigenvalue weighted by molar-refractivity contribution is 1.22. The van der Waals surface area contributed by atoms with Crippen molar-refractivity contribution in [3.8, 4) is 11.3 Å². The van der Waals surface area contributed by atoms with Crippen LogP contribution in [0.5, 0.6) is 0 Å². The lowest BCUT2D eigenvalue weighted by Gasteiger charge is -2.02. The highest BCUT2D eigenvalue weighted by molar-refractivity contribution is 5.63. The maximum Gasteiger partial charge on any atom is 0.166 e. The van der Waals surface area contributed by atoms with Crippen LogP contribution in [0.2, 0.25) is 0 Å². The first-order chi connectivity index (χ1) is 6.77. The minimum absolute atomic E-state index is 0.268. The zero-order valence-corrected chi connectivity index (χ0v) is 7.51. The van der Waals surface area contributed by atoms with Gasteiger partial charge in [-0.2, -0.15) is 0 Å². The molecule has 0 saturated heterocycles. The first kappa shape index (κ1) is 8.50. The Bertz CT molecular complexity index is 439. The fraction of sp³-hybridized carbons (Fsp3) is 0. The molecule has 2 rings (SSSR count). The summed E-state index contributed by atoms with van der Waals surface area (Å²) in [7, 11) is 0. The van der Waals surface area contributed by atoms with Gasteiger partial charge in [0.15, 0.2) is 11.6 Å². The first-order valence-electron chi connectivity index (χ1n) is 4.21. The van der Waals surface area contributed by atoms with E-state index >= 15 is 0 Å². The standard InChI is InChI=1S/C10H10N4/c11-9-10(12)14-8(6-13-9)7-4-2-1-3-5-7/h1-6H,(H2,11,13)(H2,12,14). The monoisotopic (exact) mass is 186 g/mol. The van der Waals surface area contributed by atoms with Gasteiger partial charge < -0.3 is 11.5 Å². The number of aromatic nitrogens is 2. The highest BCUT2D eigenvalue weighted by Crippen LogP contribution is 2.18. The Kier molecular flexibility index (Phi) is 2.02. The summed E-state index contributed by atoms with van der Waals surface area (Å²) < 4.78 is 0. The third-order valence-electron chi connectivity index (χ3n) is 1.90. The van der Waals surface area contributed by atoms with E-state index in [0.717, 1.165) is 11.3 Å². The van der Waals surface area contributed by atoms with Gasteiger partial charge in [0.25, 0.3) is 0 Å². The summed E-state index contributed by atoms with van der Waals surface area (Å²) in [6.07, 6.45) is 1.61. The molecule has 0 saturated carbocycles. The number of hydrogen-bond acceptors (Lipinski definition) is 4. The Morgan fingerprint density at radius 2 is 1.64 bits per heavy atom. The molecule has 1 heterocycles. The van der Waals surface area contributed by atoms with E-state index in [1.165, 1.54) is 0 Å². The second kappa shape index (κ2) is 3.33. The Hall–Kier alpha value is -2.10. The lowest BCUT2D eigenvalue weighted by atomic mass is 10.2. The molecule has 0 aliphatic heterocycles. The third-order valence-corrected chi connectivity index (χ3v) is 1.90. The molecule has 0 aliphatic carbocycles. The fourth-order valence-corrected chi connectivity index (χ4v) is 1.16. The molecule has 0 unspecified atom stereocenters. The predicted octanol–water partition coefficient (Wildman–Crippen LogP) is 1.31. The van der Waals surface area contributed by atoms with Crippen LogP contribution in [-0.4, -0.2) is 9.97 Å². The van der Waals surface area contributed by atoms with E-state index in [1.807, 2.05) is 30.3 Å². The molecule has 1 aromatic carbocycles. The van der Waals surface area contributed by atoms with E-state index in [0.29, 0.717) is 0 Å². The summed E-state index contributed by atoms with van der Waals surface area (Å²) >= 11 is 0. The van der Waals surface area contributed by atoms with Gasteiger partial charge in [0, 0.05) is 5.56 Å². The molecule has 4 heteroatoms. The zero-order chi connectivity index (χ0) is 9.97. The number of hydrogen-bond donors (Lipinski definition) is 2. The molecule has 0 spiro atoms. The van der Waals surface area contributed by atoms with Crippen molar-refractivity contribution in [3.63, 3.8) is 0 Å². The van der Waals surface area contributed by atoms with Crippen LogP contribution in [0, 0.1) is 0 Å². The van der Waals surface area contributed by atoms with Crippen LogP contribution in [0.1, 0.15) is 0 Å². The van der Waals surface area contributed by atoms with Crippen LogP contribution in [0.3, 0.4) is 0 Å². The molecule has 70 valence electrons. The number of rotatable bonds is 1. The van der Waals surface area contributed by atoms with E-state index < -0.39 is 0 Å². The second-order valence-electron chi connectivity index (χ2n) is 2.89. The maximum absolute atomic E-state index is 5.56. The van der Waals surface area contributed by atoms with Crippen LogP contribution in [0.25, 0.3) is 11.3 Å². The minimum Gasteiger partial charge on any atom is -0.381 e. The van der Waals surface area contributed by atoms with E-state index in [4.69, 9.17) is 11.5 Å². The van der Waals surface area contributed by atoms with Crippen LogP contribution >= 0.6 is 0 Å². The van der Waals surface area contributed by atoms with Gasteiger partial charge in [-0.05, 0) is 0 Å². The van der Waals surface area contributed by atoms with Gasteiger partial charge in [-0.25, -0.2) is 9.97 Å². The van der Waals surface area contributed by atoms with Crippen molar-refractivity contribution in [1.29, 1.82) is 0 Å². The van der Waals surface area contributed by atoms with Crippen molar-refractivity contribution < 1.29 is 0 Å². The summed E-state index contributed by atoms with van der Waals surface area (Å²) in [5, 5.41) is 0. The highest BCUT2D eigenvalue weighted by Gasteiger charge is 2.02. The summed E-state index contributed by atoms with van der Waals surface area (Å²) in [4.78, 5) is 8.08. The summed E-state index contributed by atoms with van der Waals surface area (Å²) in [5.41, 5.74) is 12.7. The SMILES string of the molecule is Nc1ncc(-c2ccccc2)nc1N. The smallest absolute Gasteiger partial charge is 0.166 e. The van der Waals surface area contributed by atoms with Gasteiger partial charge in [-0.1, -0.05) is 30.3 Å². The lowest BCUT2D eigenvalue weighted by Crippen LogP contribution is -2.01. The zero-order valence-electron chi connectivity index (χ0n) is 7.51. The van der Waals surface area contributed by atoms with Crippen LogP contribution in [0.4, 0.5) is 11.6 Å². The van der Waals surface area contributed by atoms with Crippen molar-refractivity contribution in [1.82, 2.24) is 9.97 Å². The molecule has 0 bridgehead atoms. The predicted molar refractivity (Wildman–Crippen MR) is 56.3 cm³/mol. The Labute approximate surface area is 81.6 Å². The van der Waals surface area contributed by atoms with Crippen molar-refractivity contribution in [2.45, 2.75) is 0 Å². The average Bonchev–Trinajstić information content (AvgIpc) is 2.23. The number of anilines is 2. The molecular formula is C10H10N4. The van der Waals surface area contributed by atoms with E-state index in [2.05, 4.69) is 9.97 Å². The molecule has 4 nitrogen and oxygen atoms in total. The number of nitrogen functional groups attached to an aromatic ring is 2. The van der Waals surface area contributed by atoms with Gasteiger partial charge in [0.2, 0.25) is 0 Å². The molecule has 4 N–H and O–H groups in total. The molecule has 1 aromatic heterocycles. The number of benzene rings is 1. The molecule has 0 atom stereocenters. The maximum atomic E-state index is 5.56. The Morgan fingerprint density at radius 1 is 0.929 bits per heavy atom. The fourth-order valence-electron chi connectivity index (χ4n) is 1.16. The number of nitrogens with two attached hydrogens (primary N) is 2. The molecule has 0 fully saturated rings. The molecule has 2 aromatic rings. The van der Waals surface area contributed by atoms with Gasteiger partial charge in [-0.3, -0.25) is 0 Å². The summed E-state index contributed by atoms with van der Waals surface area (Å²) in [6.45, 7) is 0. The normalized spacial score (nSPS) is 10.0. The van der Waals surface area contributed by atoms with Gasteiger partial charge >= 0.3 is 0 Å². The van der Waals surface area contributed by atoms with Gasteiger partial charge in [0.05, 0.1) is 11.9 Å². The summed E-state index contributed by atoms with van der Waals surface area (Å²) in [6, 6.07) is 9.70. The van der Waals surface area contributed by atoms with Crippen molar-refractivity contribution >= 4 is 11.6 Å². The quantitative estimate of drug-likeness (QED) is 0.703. The average molecular weight is 186 g/mol. The topological polar surface area (TPSA) is 77.8 Å². The van der Waals surface area contributed by atoms with Crippen molar-refractivity contribution in [3.05, 3.63) is 36.5 Å². The highest BCUT2D eigenvalue weighted by atomic mass is 15.0. The number of nitrogens with zero attached hydrogens (tertiary/aromatic N) is 2. The largest absolute Gasteiger partial charge is 0.381 e. The molecule has 14 heavy (non-hydrogen) atoms. The van der Waals surface area contributed by atoms with Crippen LogP contribution < -0.4 is 11.5 Å². The Balaban J connectivity index is 2.48. The molecule has 0 radical (unpaired) electrons. The van der Waals surface area contributed by atoms with Crippen LogP contribution in [-0.2, 0) is 0 Å². The van der Waals surface area contributed by atoms with E-state index in [9.17, 15) is 0 Å². The second-order valence-corrected chi connectivity index (χ2v) is 2.89. The van der Waals surface area contributed by atoms with Crippen LogP contribution in [0.15, 0.2) is 36.5 Å². The molecule has 0 amide bonds.